The van der Waals surface area contributed by atoms with Crippen molar-refractivity contribution in [2.45, 2.75) is 0 Å². The van der Waals surface area contributed by atoms with Gasteiger partial charge in [0.15, 0.2) is 5.84 Å². The number of amides is 2. The summed E-state index contributed by atoms with van der Waals surface area (Å²) in [6.45, 7) is 0. The molecule has 1 aromatic rings. The highest BCUT2D eigenvalue weighted by Gasteiger charge is 2.05. The number of carbonyl (C=O) groups is 1. The molecule has 0 spiro atoms. The van der Waals surface area contributed by atoms with Crippen LogP contribution in [0.3, 0.4) is 0 Å². The van der Waals surface area contributed by atoms with E-state index in [9.17, 15) is 4.79 Å². The summed E-state index contributed by atoms with van der Waals surface area (Å²) in [5, 5.41) is 9.78. The second kappa shape index (κ2) is 4.93. The summed E-state index contributed by atoms with van der Waals surface area (Å²) in [6.07, 6.45) is 1.56. The smallest absolute Gasteiger partial charge is 0.290 e. The summed E-state index contributed by atoms with van der Waals surface area (Å²) < 4.78 is 0. The number of nitrogens with one attached hydrogen (secondary N) is 4. The molecular weight excluding hydrogens is 182 g/mol. The molecule has 1 aromatic heterocycles. The summed E-state index contributed by atoms with van der Waals surface area (Å²) >= 11 is 0. The minimum Gasteiger partial charge on any atom is -0.290 e. The Labute approximate surface area is 81.2 Å². The van der Waals surface area contributed by atoms with Gasteiger partial charge in [-0.05, 0) is 12.1 Å². The molecule has 6 heteroatoms. The molecule has 14 heavy (non-hydrogen) atoms. The summed E-state index contributed by atoms with van der Waals surface area (Å²) in [5.74, 6) is -0.0432. The minimum absolute atomic E-state index is 0.0432. The van der Waals surface area contributed by atoms with E-state index in [0.717, 1.165) is 0 Å². The van der Waals surface area contributed by atoms with E-state index < -0.39 is 6.03 Å². The Morgan fingerprint density at radius 2 is 2.29 bits per heavy atom. The number of urea groups is 1. The zero-order valence-electron chi connectivity index (χ0n) is 7.66. The van der Waals surface area contributed by atoms with E-state index in [0.29, 0.717) is 5.69 Å². The van der Waals surface area contributed by atoms with Crippen molar-refractivity contribution in [2.24, 2.45) is 0 Å². The van der Waals surface area contributed by atoms with Crippen LogP contribution in [0.4, 0.5) is 4.79 Å². The molecule has 0 saturated heterocycles. The standard InChI is InChI=1S/C8H11N5O/c1-10-13-8(14)12-7(9)6-4-2-3-5-11-6/h2-5,10H,1H3,(H3,9,12,13,14). The van der Waals surface area contributed by atoms with Gasteiger partial charge >= 0.3 is 6.03 Å². The third kappa shape index (κ3) is 2.83. The van der Waals surface area contributed by atoms with E-state index >= 15 is 0 Å². The number of rotatable bonds is 2. The lowest BCUT2D eigenvalue weighted by molar-refractivity contribution is 0.242. The van der Waals surface area contributed by atoms with Crippen LogP contribution in [0.25, 0.3) is 0 Å². The molecule has 0 radical (unpaired) electrons. The Hall–Kier alpha value is -1.95. The van der Waals surface area contributed by atoms with Gasteiger partial charge in [-0.25, -0.2) is 10.2 Å². The number of carbonyl (C=O) groups excluding carboxylic acids is 1. The predicted octanol–water partition coefficient (Wildman–Crippen LogP) is -0.159. The van der Waals surface area contributed by atoms with E-state index in [2.05, 4.69) is 21.2 Å². The van der Waals surface area contributed by atoms with Gasteiger partial charge in [0, 0.05) is 13.2 Å². The lowest BCUT2D eigenvalue weighted by Gasteiger charge is -2.06. The summed E-state index contributed by atoms with van der Waals surface area (Å²) in [4.78, 5) is 14.9. The molecule has 0 unspecified atom stereocenters. The van der Waals surface area contributed by atoms with Gasteiger partial charge < -0.3 is 0 Å². The Morgan fingerprint density at radius 3 is 2.86 bits per heavy atom. The van der Waals surface area contributed by atoms with Gasteiger partial charge in [0.1, 0.15) is 5.69 Å². The Balaban J connectivity index is 2.55. The molecule has 0 aliphatic heterocycles. The highest BCUT2D eigenvalue weighted by molar-refractivity contribution is 6.04. The lowest BCUT2D eigenvalue weighted by Crippen LogP contribution is -2.44. The average molecular weight is 193 g/mol. The largest absolute Gasteiger partial charge is 0.334 e. The first-order valence-electron chi connectivity index (χ1n) is 3.97. The zero-order valence-corrected chi connectivity index (χ0v) is 7.66. The van der Waals surface area contributed by atoms with Crippen molar-refractivity contribution in [3.8, 4) is 0 Å². The fourth-order valence-electron chi connectivity index (χ4n) is 0.833. The second-order valence-electron chi connectivity index (χ2n) is 2.42. The van der Waals surface area contributed by atoms with E-state index in [1.807, 2.05) is 0 Å². The van der Waals surface area contributed by atoms with Crippen LogP contribution >= 0.6 is 0 Å². The number of pyridine rings is 1. The second-order valence-corrected chi connectivity index (χ2v) is 2.42. The van der Waals surface area contributed by atoms with Crippen LogP contribution in [-0.2, 0) is 0 Å². The third-order valence-corrected chi connectivity index (χ3v) is 1.40. The van der Waals surface area contributed by atoms with Crippen LogP contribution < -0.4 is 16.2 Å². The molecular formula is C8H11N5O. The molecule has 0 bridgehead atoms. The molecule has 2 amide bonds. The molecule has 0 saturated carbocycles. The first kappa shape index (κ1) is 10.1. The van der Waals surface area contributed by atoms with Crippen molar-refractivity contribution in [3.05, 3.63) is 30.1 Å². The molecule has 0 aliphatic carbocycles. The molecule has 6 nitrogen and oxygen atoms in total. The first-order chi connectivity index (χ1) is 6.74. The molecule has 0 aliphatic rings. The van der Waals surface area contributed by atoms with Gasteiger partial charge in [0.05, 0.1) is 0 Å². The average Bonchev–Trinajstić information content (AvgIpc) is 2.19. The minimum atomic E-state index is -0.497. The van der Waals surface area contributed by atoms with Gasteiger partial charge in [0.25, 0.3) is 0 Å². The van der Waals surface area contributed by atoms with Crippen LogP contribution in [0.5, 0.6) is 0 Å². The number of hydrogen-bond donors (Lipinski definition) is 4. The molecule has 0 aromatic carbocycles. The maximum Gasteiger partial charge on any atom is 0.334 e. The van der Waals surface area contributed by atoms with Crippen LogP contribution in [0.1, 0.15) is 5.69 Å². The lowest BCUT2D eigenvalue weighted by atomic mass is 10.3. The highest BCUT2D eigenvalue weighted by atomic mass is 16.2. The zero-order chi connectivity index (χ0) is 10.4. The van der Waals surface area contributed by atoms with Crippen LogP contribution in [-0.4, -0.2) is 23.9 Å². The van der Waals surface area contributed by atoms with Crippen molar-refractivity contribution < 1.29 is 4.79 Å². The highest BCUT2D eigenvalue weighted by Crippen LogP contribution is 1.91. The summed E-state index contributed by atoms with van der Waals surface area (Å²) in [5.41, 5.74) is 5.14. The van der Waals surface area contributed by atoms with Crippen molar-refractivity contribution in [1.82, 2.24) is 21.2 Å². The number of hydrazine groups is 1. The Kier molecular flexibility index (Phi) is 3.57. The topological polar surface area (TPSA) is 89.9 Å². The van der Waals surface area contributed by atoms with Crippen molar-refractivity contribution in [1.29, 1.82) is 5.41 Å². The molecule has 1 heterocycles. The Bertz CT molecular complexity index is 324. The SMILES string of the molecule is CNNC(=O)NC(=N)c1ccccn1. The molecule has 1 rings (SSSR count). The quantitative estimate of drug-likeness (QED) is 0.299. The van der Waals surface area contributed by atoms with Crippen LogP contribution in [0.15, 0.2) is 24.4 Å². The van der Waals surface area contributed by atoms with Gasteiger partial charge in [0.2, 0.25) is 0 Å². The van der Waals surface area contributed by atoms with E-state index in [4.69, 9.17) is 5.41 Å². The maximum absolute atomic E-state index is 11.0. The third-order valence-electron chi connectivity index (χ3n) is 1.40. The van der Waals surface area contributed by atoms with Crippen LogP contribution in [0.2, 0.25) is 0 Å². The van der Waals surface area contributed by atoms with Crippen molar-refractivity contribution >= 4 is 11.9 Å². The number of hydrogen-bond acceptors (Lipinski definition) is 4. The van der Waals surface area contributed by atoms with E-state index in [-0.39, 0.29) is 5.84 Å². The summed E-state index contributed by atoms with van der Waals surface area (Å²) in [7, 11) is 1.56. The number of nitrogens with zero attached hydrogens (tertiary/aromatic N) is 1. The maximum atomic E-state index is 11.0. The fraction of sp³-hybridized carbons (Fsp3) is 0.125. The summed E-state index contributed by atoms with van der Waals surface area (Å²) in [6, 6.07) is 4.63. The normalized spacial score (nSPS) is 9.21. The molecule has 0 fully saturated rings. The Morgan fingerprint density at radius 1 is 1.50 bits per heavy atom. The van der Waals surface area contributed by atoms with Crippen LogP contribution in [0, 0.1) is 5.41 Å². The van der Waals surface area contributed by atoms with Gasteiger partial charge in [-0.3, -0.25) is 21.1 Å². The van der Waals surface area contributed by atoms with E-state index in [1.54, 1.807) is 31.4 Å². The molecule has 4 N–H and O–H groups in total. The van der Waals surface area contributed by atoms with Gasteiger partial charge in [-0.2, -0.15) is 0 Å². The number of amidine groups is 1. The predicted molar refractivity (Wildman–Crippen MR) is 51.8 cm³/mol. The monoisotopic (exact) mass is 193 g/mol. The number of aromatic nitrogens is 1. The first-order valence-corrected chi connectivity index (χ1v) is 3.97. The van der Waals surface area contributed by atoms with Gasteiger partial charge in [-0.15, -0.1) is 0 Å². The van der Waals surface area contributed by atoms with Crippen molar-refractivity contribution in [3.63, 3.8) is 0 Å². The van der Waals surface area contributed by atoms with Gasteiger partial charge in [-0.1, -0.05) is 6.07 Å². The van der Waals surface area contributed by atoms with Crippen molar-refractivity contribution in [2.75, 3.05) is 7.05 Å². The van der Waals surface area contributed by atoms with E-state index in [1.165, 1.54) is 0 Å². The fourth-order valence-corrected chi connectivity index (χ4v) is 0.833. The molecule has 74 valence electrons. The molecule has 0 atom stereocenters.